The highest BCUT2D eigenvalue weighted by atomic mass is 35.5. The number of hydrogen-bond donors (Lipinski definition) is 1. The van der Waals surface area contributed by atoms with E-state index in [9.17, 15) is 22.4 Å². The summed E-state index contributed by atoms with van der Waals surface area (Å²) in [6.45, 7) is 1.81. The second kappa shape index (κ2) is 8.71. The number of unbranched alkanes of at least 4 members (excludes halogenated alkanes) is 1. The number of halogens is 5. The van der Waals surface area contributed by atoms with Crippen LogP contribution in [0.15, 0.2) is 15.9 Å². The average molecular weight is 451 g/mol. The highest BCUT2D eigenvalue weighted by molar-refractivity contribution is 7.99. The molecule has 2 aromatic rings. The standard InChI is InChI=1S/C19H15ClF4O4S/c1-2-3-4-8-10(20)6-11-17(28-7-27-11)18(8)29-19-15(23)13(21)9(5-12(25)26)14(22)16(19)24/h6H,2-5,7H2,1H3,(H,25,26). The van der Waals surface area contributed by atoms with Gasteiger partial charge in [-0.2, -0.15) is 0 Å². The summed E-state index contributed by atoms with van der Waals surface area (Å²) in [5.41, 5.74) is -0.670. The Morgan fingerprint density at radius 1 is 1.10 bits per heavy atom. The Labute approximate surface area is 172 Å². The third-order valence-corrected chi connectivity index (χ3v) is 5.83. The lowest BCUT2D eigenvalue weighted by Crippen LogP contribution is -2.10. The van der Waals surface area contributed by atoms with Crippen LogP contribution in [-0.4, -0.2) is 17.9 Å². The van der Waals surface area contributed by atoms with Crippen LogP contribution in [0.2, 0.25) is 5.02 Å². The molecule has 0 saturated carbocycles. The molecule has 10 heteroatoms. The molecule has 0 amide bonds. The largest absolute Gasteiger partial charge is 0.481 e. The quantitative estimate of drug-likeness (QED) is 0.430. The van der Waals surface area contributed by atoms with Crippen molar-refractivity contribution in [1.82, 2.24) is 0 Å². The van der Waals surface area contributed by atoms with E-state index in [4.69, 9.17) is 26.2 Å². The maximum absolute atomic E-state index is 14.6. The molecule has 3 rings (SSSR count). The van der Waals surface area contributed by atoms with Crippen molar-refractivity contribution in [2.75, 3.05) is 6.79 Å². The van der Waals surface area contributed by atoms with Crippen molar-refractivity contribution in [2.45, 2.75) is 42.4 Å². The topological polar surface area (TPSA) is 55.8 Å². The molecule has 1 aliphatic heterocycles. The zero-order chi connectivity index (χ0) is 21.3. The molecule has 2 aromatic carbocycles. The van der Waals surface area contributed by atoms with Gasteiger partial charge in [0.15, 0.2) is 34.8 Å². The van der Waals surface area contributed by atoms with Gasteiger partial charge in [0.05, 0.1) is 16.2 Å². The smallest absolute Gasteiger partial charge is 0.308 e. The summed E-state index contributed by atoms with van der Waals surface area (Å²) >= 11 is 6.72. The highest BCUT2D eigenvalue weighted by Crippen LogP contribution is 2.50. The van der Waals surface area contributed by atoms with E-state index in [1.165, 1.54) is 6.07 Å². The van der Waals surface area contributed by atoms with Crippen molar-refractivity contribution in [3.8, 4) is 11.5 Å². The van der Waals surface area contributed by atoms with E-state index in [0.29, 0.717) is 30.2 Å². The minimum atomic E-state index is -1.75. The zero-order valence-electron chi connectivity index (χ0n) is 15.1. The molecule has 1 heterocycles. The number of fused-ring (bicyclic) bond motifs is 1. The van der Waals surface area contributed by atoms with Crippen LogP contribution in [0, 0.1) is 23.3 Å². The van der Waals surface area contributed by atoms with E-state index in [0.717, 1.165) is 6.42 Å². The van der Waals surface area contributed by atoms with Gasteiger partial charge >= 0.3 is 5.97 Å². The van der Waals surface area contributed by atoms with Crippen LogP contribution in [0.5, 0.6) is 11.5 Å². The van der Waals surface area contributed by atoms with E-state index in [1.807, 2.05) is 6.92 Å². The van der Waals surface area contributed by atoms with Crippen LogP contribution in [-0.2, 0) is 17.6 Å². The first-order valence-corrected chi connectivity index (χ1v) is 9.81. The number of carboxylic acids is 1. The van der Waals surface area contributed by atoms with Crippen LogP contribution in [0.3, 0.4) is 0 Å². The first kappa shape index (κ1) is 21.6. The molecule has 0 bridgehead atoms. The van der Waals surface area contributed by atoms with Crippen LogP contribution in [0.1, 0.15) is 30.9 Å². The van der Waals surface area contributed by atoms with Gasteiger partial charge in [0, 0.05) is 16.7 Å². The normalized spacial score (nSPS) is 12.5. The SMILES string of the molecule is CCCCc1c(Cl)cc2c(c1Sc1c(F)c(F)c(CC(=O)O)c(F)c1F)OCO2. The van der Waals surface area contributed by atoms with Crippen LogP contribution in [0.4, 0.5) is 17.6 Å². The Hall–Kier alpha value is -2.13. The molecule has 156 valence electrons. The van der Waals surface area contributed by atoms with Gasteiger partial charge in [-0.15, -0.1) is 0 Å². The number of hydrogen-bond acceptors (Lipinski definition) is 4. The number of carbonyl (C=O) groups is 1. The van der Waals surface area contributed by atoms with Crippen LogP contribution in [0.25, 0.3) is 0 Å². The number of carboxylic acid groups (broad SMARTS) is 1. The molecule has 0 spiro atoms. The van der Waals surface area contributed by atoms with Crippen molar-refractivity contribution >= 4 is 29.3 Å². The van der Waals surface area contributed by atoms with Gasteiger partial charge in [-0.1, -0.05) is 36.7 Å². The van der Waals surface area contributed by atoms with E-state index < -0.39 is 46.1 Å². The summed E-state index contributed by atoms with van der Waals surface area (Å²) in [4.78, 5) is 10.00. The summed E-state index contributed by atoms with van der Waals surface area (Å²) < 4.78 is 68.4. The Morgan fingerprint density at radius 3 is 2.34 bits per heavy atom. The highest BCUT2D eigenvalue weighted by Gasteiger charge is 2.31. The van der Waals surface area contributed by atoms with Gasteiger partial charge in [0.2, 0.25) is 6.79 Å². The van der Waals surface area contributed by atoms with E-state index in [1.54, 1.807) is 0 Å². The lowest BCUT2D eigenvalue weighted by Gasteiger charge is -2.16. The molecule has 29 heavy (non-hydrogen) atoms. The fraction of sp³-hybridized carbons (Fsp3) is 0.316. The lowest BCUT2D eigenvalue weighted by atomic mass is 10.1. The molecule has 1 aliphatic rings. The molecule has 0 radical (unpaired) electrons. The van der Waals surface area contributed by atoms with E-state index >= 15 is 0 Å². The summed E-state index contributed by atoms with van der Waals surface area (Å²) in [6, 6.07) is 1.52. The third kappa shape index (κ3) is 4.11. The maximum Gasteiger partial charge on any atom is 0.308 e. The van der Waals surface area contributed by atoms with Crippen LogP contribution < -0.4 is 9.47 Å². The summed E-state index contributed by atoms with van der Waals surface area (Å²) in [6.07, 6.45) is 0.768. The van der Waals surface area contributed by atoms with Gasteiger partial charge in [-0.3, -0.25) is 4.79 Å². The first-order valence-electron chi connectivity index (χ1n) is 8.61. The van der Waals surface area contributed by atoms with Crippen LogP contribution >= 0.6 is 23.4 Å². The van der Waals surface area contributed by atoms with Gasteiger partial charge in [-0.05, 0) is 18.4 Å². The molecule has 0 aromatic heterocycles. The molecule has 0 atom stereocenters. The minimum absolute atomic E-state index is 0.137. The number of ether oxygens (including phenoxy) is 2. The van der Waals surface area contributed by atoms with Crippen molar-refractivity contribution in [2.24, 2.45) is 0 Å². The molecule has 0 fully saturated rings. The fourth-order valence-electron chi connectivity index (χ4n) is 2.87. The third-order valence-electron chi connectivity index (χ3n) is 4.29. The number of aliphatic carboxylic acids is 1. The molecular weight excluding hydrogens is 436 g/mol. The maximum atomic E-state index is 14.6. The second-order valence-corrected chi connectivity index (χ2v) is 7.67. The molecule has 0 aliphatic carbocycles. The first-order chi connectivity index (χ1) is 13.8. The predicted octanol–water partition coefficient (Wildman–Crippen LogP) is 5.75. The Balaban J connectivity index is 2.14. The number of rotatable bonds is 7. The summed E-state index contributed by atoms with van der Waals surface area (Å²) in [7, 11) is 0. The van der Waals surface area contributed by atoms with Crippen molar-refractivity contribution < 1.29 is 36.9 Å². The molecule has 1 N–H and O–H groups in total. The van der Waals surface area contributed by atoms with Crippen molar-refractivity contribution in [3.05, 3.63) is 45.5 Å². The average Bonchev–Trinajstić information content (AvgIpc) is 3.14. The number of benzene rings is 2. The fourth-order valence-corrected chi connectivity index (χ4v) is 4.36. The van der Waals surface area contributed by atoms with Gasteiger partial charge in [0.1, 0.15) is 0 Å². The van der Waals surface area contributed by atoms with E-state index in [-0.39, 0.29) is 28.2 Å². The minimum Gasteiger partial charge on any atom is -0.481 e. The zero-order valence-corrected chi connectivity index (χ0v) is 16.7. The van der Waals surface area contributed by atoms with Crippen molar-refractivity contribution in [3.63, 3.8) is 0 Å². The Kier molecular flexibility index (Phi) is 6.48. The lowest BCUT2D eigenvalue weighted by molar-refractivity contribution is -0.136. The molecule has 0 saturated heterocycles. The van der Waals surface area contributed by atoms with Crippen molar-refractivity contribution in [1.29, 1.82) is 0 Å². The van der Waals surface area contributed by atoms with E-state index in [2.05, 4.69) is 0 Å². The molecule has 0 unspecified atom stereocenters. The second-order valence-electron chi connectivity index (χ2n) is 6.24. The molecular formula is C19H15ClF4O4S. The summed E-state index contributed by atoms with van der Waals surface area (Å²) in [5, 5.41) is 9.00. The Morgan fingerprint density at radius 2 is 1.76 bits per heavy atom. The Bertz CT molecular complexity index is 955. The monoisotopic (exact) mass is 450 g/mol. The van der Waals surface area contributed by atoms with Gasteiger partial charge < -0.3 is 14.6 Å². The predicted molar refractivity (Wildman–Crippen MR) is 97.9 cm³/mol. The summed E-state index contributed by atoms with van der Waals surface area (Å²) in [5.74, 6) is -8.05. The van der Waals surface area contributed by atoms with Gasteiger partial charge in [-0.25, -0.2) is 17.6 Å². The molecule has 4 nitrogen and oxygen atoms in total. The van der Waals surface area contributed by atoms with Gasteiger partial charge in [0.25, 0.3) is 0 Å².